The molecule has 23 heavy (non-hydrogen) atoms. The summed E-state index contributed by atoms with van der Waals surface area (Å²) >= 11 is 0. The van der Waals surface area contributed by atoms with Crippen LogP contribution >= 0.6 is 0 Å². The minimum absolute atomic E-state index is 0.147. The van der Waals surface area contributed by atoms with Gasteiger partial charge in [-0.2, -0.15) is 10.2 Å². The number of nitro groups is 1. The van der Waals surface area contributed by atoms with E-state index in [1.807, 2.05) is 20.0 Å². The fourth-order valence-corrected chi connectivity index (χ4v) is 2.10. The molecule has 9 nitrogen and oxygen atoms in total. The fraction of sp³-hybridized carbons (Fsp3) is 0.500. The lowest BCUT2D eigenvalue weighted by atomic mass is 10.0. The van der Waals surface area contributed by atoms with Gasteiger partial charge in [-0.3, -0.25) is 24.3 Å². The maximum absolute atomic E-state index is 12.4. The molecule has 1 amide bonds. The molecule has 2 aromatic heterocycles. The Hall–Kier alpha value is -2.71. The number of aromatic nitrogens is 4. The molecule has 0 aliphatic carbocycles. The van der Waals surface area contributed by atoms with Gasteiger partial charge < -0.3 is 5.32 Å². The molecule has 0 atom stereocenters. The Bertz CT molecular complexity index is 731. The summed E-state index contributed by atoms with van der Waals surface area (Å²) in [6.07, 6.45) is 4.27. The van der Waals surface area contributed by atoms with E-state index < -0.39 is 10.5 Å². The fourth-order valence-electron chi connectivity index (χ4n) is 2.10. The first-order valence-electron chi connectivity index (χ1n) is 7.26. The predicted molar refractivity (Wildman–Crippen MR) is 82.7 cm³/mol. The van der Waals surface area contributed by atoms with Gasteiger partial charge in [-0.15, -0.1) is 0 Å². The number of aryl methyl sites for hydroxylation is 2. The number of nitrogens with one attached hydrogen (secondary N) is 1. The zero-order valence-electron chi connectivity index (χ0n) is 13.6. The summed E-state index contributed by atoms with van der Waals surface area (Å²) in [5.74, 6) is -0.279. The van der Waals surface area contributed by atoms with Gasteiger partial charge in [-0.25, -0.2) is 0 Å². The summed E-state index contributed by atoms with van der Waals surface area (Å²) in [4.78, 5) is 22.6. The maximum Gasteiger partial charge on any atom is 0.307 e. The number of rotatable bonds is 6. The molecular formula is C14H20N6O3. The largest absolute Gasteiger partial charge is 0.350 e. The van der Waals surface area contributed by atoms with E-state index in [1.54, 1.807) is 18.5 Å². The Morgan fingerprint density at radius 3 is 2.65 bits per heavy atom. The molecule has 124 valence electrons. The van der Waals surface area contributed by atoms with Crippen molar-refractivity contribution in [2.24, 2.45) is 0 Å². The van der Waals surface area contributed by atoms with Gasteiger partial charge in [0.2, 0.25) is 5.91 Å². The van der Waals surface area contributed by atoms with Crippen molar-refractivity contribution in [1.29, 1.82) is 0 Å². The van der Waals surface area contributed by atoms with Crippen LogP contribution in [0.2, 0.25) is 0 Å². The lowest BCUT2D eigenvalue weighted by Gasteiger charge is -2.23. The van der Waals surface area contributed by atoms with Gasteiger partial charge >= 0.3 is 5.69 Å². The standard InChI is InChI=1S/C14H20N6O3/c1-5-18-8-11(10(2)17-18)6-15-13(21)14(3,4)19-9-12(7-16-19)20(22)23/h7-9H,5-6H2,1-4H3,(H,15,21). The third-order valence-corrected chi connectivity index (χ3v) is 3.72. The first-order chi connectivity index (χ1) is 10.8. The van der Waals surface area contributed by atoms with Gasteiger partial charge in [0.15, 0.2) is 0 Å². The van der Waals surface area contributed by atoms with E-state index in [1.165, 1.54) is 10.9 Å². The molecule has 2 heterocycles. The summed E-state index contributed by atoms with van der Waals surface area (Å²) in [5, 5.41) is 21.8. The molecular weight excluding hydrogens is 300 g/mol. The average molecular weight is 320 g/mol. The van der Waals surface area contributed by atoms with Gasteiger partial charge in [0, 0.05) is 24.8 Å². The summed E-state index contributed by atoms with van der Waals surface area (Å²) in [5.41, 5.74) is 0.608. The molecule has 2 rings (SSSR count). The number of hydrogen-bond acceptors (Lipinski definition) is 5. The molecule has 0 fully saturated rings. The molecule has 0 saturated heterocycles. The topological polar surface area (TPSA) is 108 Å². The van der Waals surface area contributed by atoms with Crippen LogP contribution in [0.4, 0.5) is 5.69 Å². The molecule has 0 aliphatic rings. The van der Waals surface area contributed by atoms with Crippen LogP contribution < -0.4 is 5.32 Å². The van der Waals surface area contributed by atoms with E-state index in [0.29, 0.717) is 6.54 Å². The van der Waals surface area contributed by atoms with Gasteiger partial charge in [-0.1, -0.05) is 0 Å². The first-order valence-corrected chi connectivity index (χ1v) is 7.26. The SMILES string of the molecule is CCn1cc(CNC(=O)C(C)(C)n2cc([N+](=O)[O-])cn2)c(C)n1. The van der Waals surface area contributed by atoms with Crippen molar-refractivity contribution < 1.29 is 9.72 Å². The first kappa shape index (κ1) is 16.7. The molecule has 0 spiro atoms. The van der Waals surface area contributed by atoms with Crippen molar-refractivity contribution in [2.45, 2.75) is 46.3 Å². The summed E-state index contributed by atoms with van der Waals surface area (Å²) in [6, 6.07) is 0. The van der Waals surface area contributed by atoms with Crippen LogP contribution in [-0.4, -0.2) is 30.4 Å². The molecule has 9 heteroatoms. The number of carbonyl (C=O) groups is 1. The molecule has 2 aromatic rings. The lowest BCUT2D eigenvalue weighted by molar-refractivity contribution is -0.385. The molecule has 0 radical (unpaired) electrons. The number of amides is 1. The molecule has 0 aliphatic heterocycles. The highest BCUT2D eigenvalue weighted by atomic mass is 16.6. The molecule has 1 N–H and O–H groups in total. The van der Waals surface area contributed by atoms with Crippen molar-refractivity contribution in [2.75, 3.05) is 0 Å². The monoisotopic (exact) mass is 320 g/mol. The predicted octanol–water partition coefficient (Wildman–Crippen LogP) is 1.37. The Labute approximate surface area is 133 Å². The van der Waals surface area contributed by atoms with Gasteiger partial charge in [0.05, 0.1) is 10.6 Å². The lowest BCUT2D eigenvalue weighted by Crippen LogP contribution is -2.44. The Morgan fingerprint density at radius 2 is 2.13 bits per heavy atom. The van der Waals surface area contributed by atoms with Gasteiger partial charge in [-0.05, 0) is 27.7 Å². The highest BCUT2D eigenvalue weighted by Gasteiger charge is 2.32. The zero-order valence-corrected chi connectivity index (χ0v) is 13.6. The maximum atomic E-state index is 12.4. The Balaban J connectivity index is 2.08. The van der Waals surface area contributed by atoms with E-state index in [-0.39, 0.29) is 11.6 Å². The summed E-state index contributed by atoms with van der Waals surface area (Å²) < 4.78 is 3.10. The average Bonchev–Trinajstić information content (AvgIpc) is 3.11. The number of hydrogen-bond donors (Lipinski definition) is 1. The third-order valence-electron chi connectivity index (χ3n) is 3.72. The van der Waals surface area contributed by atoms with Crippen LogP contribution in [-0.2, 0) is 23.4 Å². The quantitative estimate of drug-likeness (QED) is 0.639. The molecule has 0 aromatic carbocycles. The van der Waals surface area contributed by atoms with E-state index in [4.69, 9.17) is 0 Å². The van der Waals surface area contributed by atoms with Gasteiger partial charge in [0.1, 0.15) is 17.9 Å². The van der Waals surface area contributed by atoms with E-state index in [2.05, 4.69) is 15.5 Å². The van der Waals surface area contributed by atoms with E-state index >= 15 is 0 Å². The molecule has 0 saturated carbocycles. The second kappa shape index (κ2) is 6.19. The normalized spacial score (nSPS) is 11.5. The van der Waals surface area contributed by atoms with Crippen molar-refractivity contribution >= 4 is 11.6 Å². The second-order valence-corrected chi connectivity index (χ2v) is 5.74. The third kappa shape index (κ3) is 3.38. The smallest absolute Gasteiger partial charge is 0.307 e. The van der Waals surface area contributed by atoms with Crippen LogP contribution in [0.5, 0.6) is 0 Å². The van der Waals surface area contributed by atoms with Crippen LogP contribution in [0.25, 0.3) is 0 Å². The molecule has 0 bridgehead atoms. The van der Waals surface area contributed by atoms with E-state index in [9.17, 15) is 14.9 Å². The van der Waals surface area contributed by atoms with E-state index in [0.717, 1.165) is 24.0 Å². The van der Waals surface area contributed by atoms with Crippen LogP contribution in [0, 0.1) is 17.0 Å². The minimum Gasteiger partial charge on any atom is -0.350 e. The second-order valence-electron chi connectivity index (χ2n) is 5.74. The van der Waals surface area contributed by atoms with Crippen LogP contribution in [0.3, 0.4) is 0 Å². The molecule has 0 unspecified atom stereocenters. The van der Waals surface area contributed by atoms with Crippen molar-refractivity contribution in [1.82, 2.24) is 24.9 Å². The number of carbonyl (C=O) groups excluding carboxylic acids is 1. The Morgan fingerprint density at radius 1 is 1.43 bits per heavy atom. The van der Waals surface area contributed by atoms with Crippen molar-refractivity contribution in [3.8, 4) is 0 Å². The zero-order chi connectivity index (χ0) is 17.2. The summed E-state index contributed by atoms with van der Waals surface area (Å²) in [6.45, 7) is 8.29. The van der Waals surface area contributed by atoms with Crippen LogP contribution in [0.1, 0.15) is 32.0 Å². The highest BCUT2D eigenvalue weighted by Crippen LogP contribution is 2.19. The minimum atomic E-state index is -1.04. The Kier molecular flexibility index (Phi) is 4.48. The van der Waals surface area contributed by atoms with Crippen LogP contribution in [0.15, 0.2) is 18.6 Å². The summed E-state index contributed by atoms with van der Waals surface area (Å²) in [7, 11) is 0. The van der Waals surface area contributed by atoms with Crippen molar-refractivity contribution in [3.63, 3.8) is 0 Å². The van der Waals surface area contributed by atoms with Gasteiger partial charge in [0.25, 0.3) is 0 Å². The highest BCUT2D eigenvalue weighted by molar-refractivity contribution is 5.83. The van der Waals surface area contributed by atoms with Crippen molar-refractivity contribution in [3.05, 3.63) is 40.0 Å². The number of nitrogens with zero attached hydrogens (tertiary/aromatic N) is 5.